The second-order valence-electron chi connectivity index (χ2n) is 7.01. The van der Waals surface area contributed by atoms with Crippen LogP contribution in [0.3, 0.4) is 0 Å². The zero-order chi connectivity index (χ0) is 19.0. The minimum Gasteiger partial charge on any atom is -0.326 e. The van der Waals surface area contributed by atoms with Gasteiger partial charge in [0.15, 0.2) is 0 Å². The molecule has 3 nitrogen and oxygen atoms in total. The number of hydrogen-bond donors (Lipinski definition) is 1. The maximum absolute atomic E-state index is 11.5. The number of carbonyl (C=O) groups is 1. The van der Waals surface area contributed by atoms with Gasteiger partial charge in [0, 0.05) is 36.1 Å². The van der Waals surface area contributed by atoms with E-state index >= 15 is 0 Å². The minimum atomic E-state index is -0.0542. The Bertz CT molecular complexity index is 1140. The lowest BCUT2D eigenvalue weighted by Crippen LogP contribution is -2.07. The number of carbonyl (C=O) groups excluding carboxylic acids is 1. The van der Waals surface area contributed by atoms with Gasteiger partial charge in [-0.3, -0.25) is 4.79 Å². The van der Waals surface area contributed by atoms with Gasteiger partial charge in [0.05, 0.1) is 0 Å². The van der Waals surface area contributed by atoms with Gasteiger partial charge >= 0.3 is 0 Å². The van der Waals surface area contributed by atoms with Crippen molar-refractivity contribution in [2.45, 2.75) is 20.8 Å². The van der Waals surface area contributed by atoms with E-state index in [-0.39, 0.29) is 5.91 Å². The van der Waals surface area contributed by atoms with Gasteiger partial charge in [-0.1, -0.05) is 42.5 Å². The standard InChI is InChI=1S/C24H22N2O/c1-16-9-10-20(12-24(16)25-18(3)27)23-13-22-11-21(15-26(22)14-17(23)2)19-7-5-4-6-8-19/h4-15H,1-3H3,(H,25,27). The fourth-order valence-electron chi connectivity index (χ4n) is 3.48. The van der Waals surface area contributed by atoms with Crippen LogP contribution in [0.25, 0.3) is 27.8 Å². The molecular weight excluding hydrogens is 332 g/mol. The van der Waals surface area contributed by atoms with Gasteiger partial charge in [-0.15, -0.1) is 0 Å². The lowest BCUT2D eigenvalue weighted by atomic mass is 9.99. The van der Waals surface area contributed by atoms with E-state index in [4.69, 9.17) is 0 Å². The van der Waals surface area contributed by atoms with Crippen molar-refractivity contribution in [3.63, 3.8) is 0 Å². The van der Waals surface area contributed by atoms with Gasteiger partial charge in [0.2, 0.25) is 5.91 Å². The van der Waals surface area contributed by atoms with Crippen LogP contribution in [0.5, 0.6) is 0 Å². The molecule has 4 aromatic rings. The highest BCUT2D eigenvalue weighted by atomic mass is 16.1. The van der Waals surface area contributed by atoms with Crippen LogP contribution in [0.2, 0.25) is 0 Å². The zero-order valence-electron chi connectivity index (χ0n) is 15.8. The first-order chi connectivity index (χ1) is 13.0. The third-order valence-electron chi connectivity index (χ3n) is 4.90. The first-order valence-electron chi connectivity index (χ1n) is 9.07. The molecule has 0 atom stereocenters. The number of amides is 1. The quantitative estimate of drug-likeness (QED) is 0.492. The van der Waals surface area contributed by atoms with Crippen LogP contribution in [0, 0.1) is 13.8 Å². The number of anilines is 1. The molecular formula is C24H22N2O. The number of nitrogens with zero attached hydrogens (tertiary/aromatic N) is 1. The van der Waals surface area contributed by atoms with Gasteiger partial charge in [-0.25, -0.2) is 0 Å². The summed E-state index contributed by atoms with van der Waals surface area (Å²) in [4.78, 5) is 11.5. The molecule has 4 rings (SSSR count). The number of fused-ring (bicyclic) bond motifs is 1. The molecule has 0 radical (unpaired) electrons. The number of hydrogen-bond acceptors (Lipinski definition) is 1. The predicted molar refractivity (Wildman–Crippen MR) is 112 cm³/mol. The lowest BCUT2D eigenvalue weighted by molar-refractivity contribution is -0.114. The van der Waals surface area contributed by atoms with E-state index in [1.54, 1.807) is 0 Å². The van der Waals surface area contributed by atoms with Crippen molar-refractivity contribution in [3.05, 3.63) is 84.2 Å². The molecule has 0 saturated heterocycles. The molecule has 0 bridgehead atoms. The number of aromatic nitrogens is 1. The van der Waals surface area contributed by atoms with Crippen molar-refractivity contribution < 1.29 is 4.79 Å². The second-order valence-corrected chi connectivity index (χ2v) is 7.01. The first-order valence-corrected chi connectivity index (χ1v) is 9.07. The normalized spacial score (nSPS) is 10.9. The largest absolute Gasteiger partial charge is 0.326 e. The van der Waals surface area contributed by atoms with Crippen LogP contribution in [0.1, 0.15) is 18.1 Å². The van der Waals surface area contributed by atoms with Gasteiger partial charge in [-0.05, 0) is 59.9 Å². The Hall–Kier alpha value is -3.33. The van der Waals surface area contributed by atoms with Crippen molar-refractivity contribution >= 4 is 17.1 Å². The van der Waals surface area contributed by atoms with E-state index in [1.165, 1.54) is 29.2 Å². The number of aryl methyl sites for hydroxylation is 2. The van der Waals surface area contributed by atoms with Crippen LogP contribution in [-0.2, 0) is 4.79 Å². The molecule has 3 heteroatoms. The Morgan fingerprint density at radius 2 is 1.59 bits per heavy atom. The number of pyridine rings is 1. The van der Waals surface area contributed by atoms with Crippen molar-refractivity contribution in [1.82, 2.24) is 4.40 Å². The van der Waals surface area contributed by atoms with Crippen LogP contribution in [0.4, 0.5) is 5.69 Å². The molecule has 0 aliphatic heterocycles. The predicted octanol–water partition coefficient (Wildman–Crippen LogP) is 5.85. The van der Waals surface area contributed by atoms with E-state index in [0.29, 0.717) is 0 Å². The summed E-state index contributed by atoms with van der Waals surface area (Å²) >= 11 is 0. The Kier molecular flexibility index (Phi) is 4.28. The molecule has 0 spiro atoms. The maximum atomic E-state index is 11.5. The van der Waals surface area contributed by atoms with Gasteiger partial charge < -0.3 is 9.72 Å². The summed E-state index contributed by atoms with van der Waals surface area (Å²) in [7, 11) is 0. The van der Waals surface area contributed by atoms with Crippen molar-refractivity contribution in [2.75, 3.05) is 5.32 Å². The third-order valence-corrected chi connectivity index (χ3v) is 4.90. The summed E-state index contributed by atoms with van der Waals surface area (Å²) < 4.78 is 2.17. The van der Waals surface area contributed by atoms with Crippen LogP contribution < -0.4 is 5.32 Å². The summed E-state index contributed by atoms with van der Waals surface area (Å²) in [6.45, 7) is 5.66. The van der Waals surface area contributed by atoms with Crippen molar-refractivity contribution in [3.8, 4) is 22.3 Å². The molecule has 0 saturated carbocycles. The van der Waals surface area contributed by atoms with Crippen LogP contribution >= 0.6 is 0 Å². The highest BCUT2D eigenvalue weighted by molar-refractivity contribution is 5.91. The fourth-order valence-corrected chi connectivity index (χ4v) is 3.48. The second kappa shape index (κ2) is 6.76. The molecule has 0 aliphatic rings. The molecule has 1 amide bonds. The van der Waals surface area contributed by atoms with Gasteiger partial charge in [0.25, 0.3) is 0 Å². The molecule has 0 aliphatic carbocycles. The lowest BCUT2D eigenvalue weighted by Gasteiger charge is -2.12. The number of benzene rings is 2. The fraction of sp³-hybridized carbons (Fsp3) is 0.125. The van der Waals surface area contributed by atoms with Crippen molar-refractivity contribution in [2.24, 2.45) is 0 Å². The van der Waals surface area contributed by atoms with Crippen molar-refractivity contribution in [1.29, 1.82) is 0 Å². The minimum absolute atomic E-state index is 0.0542. The average molecular weight is 354 g/mol. The Morgan fingerprint density at radius 1 is 0.815 bits per heavy atom. The van der Waals surface area contributed by atoms with E-state index in [9.17, 15) is 4.79 Å². The highest BCUT2D eigenvalue weighted by Gasteiger charge is 2.09. The smallest absolute Gasteiger partial charge is 0.221 e. The molecule has 134 valence electrons. The summed E-state index contributed by atoms with van der Waals surface area (Å²) in [5.74, 6) is -0.0542. The molecule has 1 N–H and O–H groups in total. The van der Waals surface area contributed by atoms with Crippen LogP contribution in [-0.4, -0.2) is 10.3 Å². The van der Waals surface area contributed by atoms with Gasteiger partial charge in [0.1, 0.15) is 0 Å². The maximum Gasteiger partial charge on any atom is 0.221 e. The molecule has 2 aromatic carbocycles. The topological polar surface area (TPSA) is 33.5 Å². The SMILES string of the molecule is CC(=O)Nc1cc(-c2cc3cc(-c4ccccc4)cn3cc2C)ccc1C. The first kappa shape index (κ1) is 17.1. The summed E-state index contributed by atoms with van der Waals surface area (Å²) in [5.41, 5.74) is 8.95. The molecule has 2 heterocycles. The molecule has 0 fully saturated rings. The Labute approximate surface area is 159 Å². The Balaban J connectivity index is 1.81. The van der Waals surface area contributed by atoms with E-state index in [0.717, 1.165) is 22.3 Å². The number of nitrogens with one attached hydrogen (secondary N) is 1. The summed E-state index contributed by atoms with van der Waals surface area (Å²) in [5, 5.41) is 2.92. The van der Waals surface area contributed by atoms with E-state index in [1.807, 2.05) is 13.0 Å². The highest BCUT2D eigenvalue weighted by Crippen LogP contribution is 2.31. The zero-order valence-corrected chi connectivity index (χ0v) is 15.8. The number of rotatable bonds is 3. The average Bonchev–Trinajstić information content (AvgIpc) is 3.06. The summed E-state index contributed by atoms with van der Waals surface area (Å²) in [6, 6.07) is 21.0. The molecule has 0 unspecified atom stereocenters. The Morgan fingerprint density at radius 3 is 2.33 bits per heavy atom. The molecule has 2 aromatic heterocycles. The third kappa shape index (κ3) is 3.36. The van der Waals surface area contributed by atoms with E-state index in [2.05, 4.69) is 83.6 Å². The summed E-state index contributed by atoms with van der Waals surface area (Å²) in [6.07, 6.45) is 4.33. The van der Waals surface area contributed by atoms with Crippen LogP contribution in [0.15, 0.2) is 73.1 Å². The molecule has 27 heavy (non-hydrogen) atoms. The van der Waals surface area contributed by atoms with Gasteiger partial charge in [-0.2, -0.15) is 0 Å². The van der Waals surface area contributed by atoms with E-state index < -0.39 is 0 Å². The monoisotopic (exact) mass is 354 g/mol.